The Labute approximate surface area is 133 Å². The van der Waals surface area contributed by atoms with Gasteiger partial charge in [0.05, 0.1) is 6.42 Å². The molecule has 1 heterocycles. The van der Waals surface area contributed by atoms with Crippen LogP contribution in [-0.2, 0) is 42.9 Å². The maximum absolute atomic E-state index is 11.3. The van der Waals surface area contributed by atoms with Gasteiger partial charge in [0.25, 0.3) is 0 Å². The SMILES string of the molecule is CC(=O)OC[C@H]1O[C@H](OC(C)=O)C[C@H](OC(C)=O)[C@H]1OC(C)=O. The lowest BCUT2D eigenvalue weighted by molar-refractivity contribution is -0.260. The van der Waals surface area contributed by atoms with Crippen molar-refractivity contribution in [3.05, 3.63) is 0 Å². The van der Waals surface area contributed by atoms with Crippen LogP contribution in [0.4, 0.5) is 0 Å². The molecule has 0 aliphatic carbocycles. The molecule has 0 spiro atoms. The summed E-state index contributed by atoms with van der Waals surface area (Å²) in [6, 6.07) is 0. The summed E-state index contributed by atoms with van der Waals surface area (Å²) < 4.78 is 25.6. The molecular weight excluding hydrogens is 312 g/mol. The summed E-state index contributed by atoms with van der Waals surface area (Å²) in [5.41, 5.74) is 0. The second kappa shape index (κ2) is 8.47. The van der Waals surface area contributed by atoms with E-state index in [9.17, 15) is 19.2 Å². The molecule has 0 aromatic carbocycles. The molecule has 1 aliphatic rings. The van der Waals surface area contributed by atoms with Crippen LogP contribution in [0.3, 0.4) is 0 Å². The van der Waals surface area contributed by atoms with Gasteiger partial charge in [0, 0.05) is 27.7 Å². The minimum absolute atomic E-state index is 0.00627. The minimum atomic E-state index is -1.01. The molecule has 130 valence electrons. The van der Waals surface area contributed by atoms with Gasteiger partial charge in [-0.2, -0.15) is 0 Å². The Morgan fingerprint density at radius 3 is 1.91 bits per heavy atom. The van der Waals surface area contributed by atoms with Crippen LogP contribution < -0.4 is 0 Å². The highest BCUT2D eigenvalue weighted by Crippen LogP contribution is 2.27. The third-order valence-corrected chi connectivity index (χ3v) is 2.85. The molecule has 0 aromatic rings. The van der Waals surface area contributed by atoms with Crippen molar-refractivity contribution in [3.63, 3.8) is 0 Å². The average Bonchev–Trinajstić information content (AvgIpc) is 2.37. The highest BCUT2D eigenvalue weighted by molar-refractivity contribution is 5.68. The van der Waals surface area contributed by atoms with Crippen molar-refractivity contribution in [3.8, 4) is 0 Å². The fraction of sp³-hybridized carbons (Fsp3) is 0.714. The summed E-state index contributed by atoms with van der Waals surface area (Å²) >= 11 is 0. The first-order valence-corrected chi connectivity index (χ1v) is 6.99. The van der Waals surface area contributed by atoms with Crippen molar-refractivity contribution >= 4 is 23.9 Å². The molecule has 1 rings (SSSR count). The van der Waals surface area contributed by atoms with Crippen LogP contribution in [0.2, 0.25) is 0 Å². The molecule has 9 heteroatoms. The number of carbonyl (C=O) groups is 4. The van der Waals surface area contributed by atoms with Gasteiger partial charge in [-0.25, -0.2) is 0 Å². The van der Waals surface area contributed by atoms with Gasteiger partial charge >= 0.3 is 23.9 Å². The summed E-state index contributed by atoms with van der Waals surface area (Å²) in [4.78, 5) is 44.6. The van der Waals surface area contributed by atoms with E-state index < -0.39 is 48.5 Å². The molecule has 0 radical (unpaired) electrons. The molecular formula is C14H20O9. The fourth-order valence-corrected chi connectivity index (χ4v) is 2.16. The van der Waals surface area contributed by atoms with Crippen molar-refractivity contribution < 1.29 is 42.9 Å². The van der Waals surface area contributed by atoms with E-state index in [2.05, 4.69) is 0 Å². The molecule has 1 saturated heterocycles. The van der Waals surface area contributed by atoms with E-state index in [1.807, 2.05) is 0 Å². The summed E-state index contributed by atoms with van der Waals surface area (Å²) in [6.45, 7) is 4.54. The molecule has 0 N–H and O–H groups in total. The van der Waals surface area contributed by atoms with E-state index in [0.29, 0.717) is 0 Å². The zero-order valence-corrected chi connectivity index (χ0v) is 13.4. The third-order valence-electron chi connectivity index (χ3n) is 2.85. The van der Waals surface area contributed by atoms with Crippen molar-refractivity contribution in [1.29, 1.82) is 0 Å². The van der Waals surface area contributed by atoms with Crippen LogP contribution in [0.5, 0.6) is 0 Å². The lowest BCUT2D eigenvalue weighted by atomic mass is 10.0. The normalized spacial score (nSPS) is 26.8. The third kappa shape index (κ3) is 6.64. The largest absolute Gasteiger partial charge is 0.463 e. The second-order valence-electron chi connectivity index (χ2n) is 4.97. The maximum Gasteiger partial charge on any atom is 0.304 e. The summed E-state index contributed by atoms with van der Waals surface area (Å²) in [6.07, 6.45) is -3.83. The number of esters is 4. The number of ether oxygens (including phenoxy) is 5. The Morgan fingerprint density at radius 1 is 0.870 bits per heavy atom. The summed E-state index contributed by atoms with van der Waals surface area (Å²) in [5, 5.41) is 0. The quantitative estimate of drug-likeness (QED) is 0.510. The predicted molar refractivity (Wildman–Crippen MR) is 72.8 cm³/mol. The van der Waals surface area contributed by atoms with Gasteiger partial charge in [0.1, 0.15) is 18.8 Å². The zero-order valence-electron chi connectivity index (χ0n) is 13.4. The van der Waals surface area contributed by atoms with Gasteiger partial charge < -0.3 is 23.7 Å². The Morgan fingerprint density at radius 2 is 1.43 bits per heavy atom. The van der Waals surface area contributed by atoms with Crippen LogP contribution in [-0.4, -0.2) is 55.1 Å². The number of hydrogen-bond donors (Lipinski definition) is 0. The minimum Gasteiger partial charge on any atom is -0.463 e. The number of hydrogen-bond acceptors (Lipinski definition) is 9. The molecule has 1 fully saturated rings. The first-order valence-electron chi connectivity index (χ1n) is 6.99. The predicted octanol–water partition coefficient (Wildman–Crippen LogP) is 0.0910. The number of carbonyl (C=O) groups excluding carboxylic acids is 4. The molecule has 4 atom stereocenters. The molecule has 0 amide bonds. The van der Waals surface area contributed by atoms with Gasteiger partial charge in [0.15, 0.2) is 6.10 Å². The van der Waals surface area contributed by atoms with Crippen molar-refractivity contribution in [2.75, 3.05) is 6.61 Å². The Kier molecular flexibility index (Phi) is 6.95. The van der Waals surface area contributed by atoms with E-state index in [-0.39, 0.29) is 13.0 Å². The van der Waals surface area contributed by atoms with Crippen molar-refractivity contribution in [1.82, 2.24) is 0 Å². The van der Waals surface area contributed by atoms with Crippen LogP contribution in [0.15, 0.2) is 0 Å². The summed E-state index contributed by atoms with van der Waals surface area (Å²) in [5.74, 6) is -2.36. The molecule has 0 saturated carbocycles. The molecule has 23 heavy (non-hydrogen) atoms. The molecule has 9 nitrogen and oxygen atoms in total. The van der Waals surface area contributed by atoms with Gasteiger partial charge in [-0.3, -0.25) is 19.2 Å². The lowest BCUT2D eigenvalue weighted by Gasteiger charge is -2.39. The zero-order chi connectivity index (χ0) is 17.6. The van der Waals surface area contributed by atoms with E-state index in [1.165, 1.54) is 27.7 Å². The standard InChI is InChI=1S/C14H20O9/c1-7(15)19-6-12-14(22-10(4)18)11(20-8(2)16)5-13(23-12)21-9(3)17/h11-14H,5-6H2,1-4H3/t11-,12+,13-,14+/m0/s1. The fourth-order valence-electron chi connectivity index (χ4n) is 2.16. The van der Waals surface area contributed by atoms with Crippen LogP contribution in [0, 0.1) is 0 Å². The van der Waals surface area contributed by atoms with E-state index in [4.69, 9.17) is 23.7 Å². The molecule has 0 bridgehead atoms. The first-order chi connectivity index (χ1) is 10.7. The summed E-state index contributed by atoms with van der Waals surface area (Å²) in [7, 11) is 0. The van der Waals surface area contributed by atoms with Crippen LogP contribution in [0.1, 0.15) is 34.1 Å². The van der Waals surface area contributed by atoms with Crippen LogP contribution in [0.25, 0.3) is 0 Å². The molecule has 0 aromatic heterocycles. The van der Waals surface area contributed by atoms with E-state index in [0.717, 1.165) is 0 Å². The number of rotatable bonds is 5. The Bertz CT molecular complexity index is 473. The topological polar surface area (TPSA) is 114 Å². The Hall–Kier alpha value is -2.16. The van der Waals surface area contributed by atoms with Gasteiger partial charge in [-0.05, 0) is 0 Å². The highest BCUT2D eigenvalue weighted by Gasteiger charge is 2.44. The van der Waals surface area contributed by atoms with Crippen LogP contribution >= 0.6 is 0 Å². The van der Waals surface area contributed by atoms with E-state index >= 15 is 0 Å². The highest BCUT2D eigenvalue weighted by atomic mass is 16.7. The molecule has 0 unspecified atom stereocenters. The van der Waals surface area contributed by atoms with E-state index in [1.54, 1.807) is 0 Å². The van der Waals surface area contributed by atoms with Gasteiger partial charge in [0.2, 0.25) is 6.29 Å². The van der Waals surface area contributed by atoms with Gasteiger partial charge in [-0.1, -0.05) is 0 Å². The smallest absolute Gasteiger partial charge is 0.304 e. The van der Waals surface area contributed by atoms with Crippen molar-refractivity contribution in [2.45, 2.75) is 58.7 Å². The lowest BCUT2D eigenvalue weighted by Crippen LogP contribution is -2.54. The average molecular weight is 332 g/mol. The Balaban J connectivity index is 2.94. The maximum atomic E-state index is 11.3. The monoisotopic (exact) mass is 332 g/mol. The molecule has 1 aliphatic heterocycles. The van der Waals surface area contributed by atoms with Crippen molar-refractivity contribution in [2.24, 2.45) is 0 Å². The first kappa shape index (κ1) is 18.9. The second-order valence-corrected chi connectivity index (χ2v) is 4.97. The van der Waals surface area contributed by atoms with Gasteiger partial charge in [-0.15, -0.1) is 0 Å².